The van der Waals surface area contributed by atoms with Gasteiger partial charge >= 0.3 is 0 Å². The van der Waals surface area contributed by atoms with Gasteiger partial charge in [-0.05, 0) is 26.8 Å². The molecule has 1 rings (SSSR count). The highest BCUT2D eigenvalue weighted by Gasteiger charge is 2.14. The largest absolute Gasteiger partial charge is 0.313 e. The average molecular weight is 195 g/mol. The molecule has 0 aromatic carbocycles. The van der Waals surface area contributed by atoms with E-state index in [1.165, 1.54) is 11.3 Å². The fourth-order valence-electron chi connectivity index (χ4n) is 1.78. The minimum atomic E-state index is 0.449. The van der Waals surface area contributed by atoms with Crippen molar-refractivity contribution in [3.8, 4) is 0 Å². The second-order valence-corrected chi connectivity index (χ2v) is 3.49. The first-order chi connectivity index (χ1) is 6.76. The molecule has 0 amide bonds. The summed E-state index contributed by atoms with van der Waals surface area (Å²) in [4.78, 5) is 0. The van der Waals surface area contributed by atoms with E-state index in [0.717, 1.165) is 19.4 Å². The van der Waals surface area contributed by atoms with Gasteiger partial charge in [-0.3, -0.25) is 4.68 Å². The maximum Gasteiger partial charge on any atom is 0.0669 e. The Morgan fingerprint density at radius 1 is 1.43 bits per heavy atom. The predicted octanol–water partition coefficient (Wildman–Crippen LogP) is 2.14. The zero-order valence-corrected chi connectivity index (χ0v) is 9.67. The molecular formula is C11H21N3. The summed E-state index contributed by atoms with van der Waals surface area (Å²) in [5, 5.41) is 7.87. The Bertz CT molecular complexity index is 274. The van der Waals surface area contributed by atoms with E-state index in [0.29, 0.717) is 6.04 Å². The zero-order chi connectivity index (χ0) is 10.6. The van der Waals surface area contributed by atoms with Crippen LogP contribution in [0.4, 0.5) is 0 Å². The van der Waals surface area contributed by atoms with Gasteiger partial charge in [0, 0.05) is 24.3 Å². The van der Waals surface area contributed by atoms with Gasteiger partial charge in [-0.25, -0.2) is 0 Å². The number of hydrogen-bond acceptors (Lipinski definition) is 2. The number of hydrogen-bond donors (Lipinski definition) is 1. The van der Waals surface area contributed by atoms with E-state index in [9.17, 15) is 0 Å². The molecule has 0 aliphatic heterocycles. The Kier molecular flexibility index (Phi) is 4.14. The molecule has 1 aromatic rings. The second-order valence-electron chi connectivity index (χ2n) is 3.49. The highest BCUT2D eigenvalue weighted by molar-refractivity contribution is 5.21. The Hall–Kier alpha value is -0.830. The van der Waals surface area contributed by atoms with Gasteiger partial charge in [-0.15, -0.1) is 0 Å². The first kappa shape index (κ1) is 11.2. The van der Waals surface area contributed by atoms with Crippen molar-refractivity contribution in [1.82, 2.24) is 15.1 Å². The molecule has 0 spiro atoms. The summed E-state index contributed by atoms with van der Waals surface area (Å²) < 4.78 is 2.02. The first-order valence-corrected chi connectivity index (χ1v) is 5.50. The van der Waals surface area contributed by atoms with Crippen molar-refractivity contribution in [2.45, 2.75) is 46.2 Å². The van der Waals surface area contributed by atoms with Crippen molar-refractivity contribution in [3.05, 3.63) is 17.5 Å². The lowest BCUT2D eigenvalue weighted by atomic mass is 10.0. The van der Waals surface area contributed by atoms with Crippen LogP contribution in [-0.2, 0) is 13.0 Å². The van der Waals surface area contributed by atoms with Gasteiger partial charge in [0.05, 0.1) is 5.69 Å². The molecule has 0 aliphatic rings. The number of nitrogens with one attached hydrogen (secondary N) is 1. The van der Waals surface area contributed by atoms with Crippen LogP contribution < -0.4 is 5.32 Å². The molecule has 0 fully saturated rings. The maximum absolute atomic E-state index is 4.54. The lowest BCUT2D eigenvalue weighted by molar-refractivity contribution is 0.571. The van der Waals surface area contributed by atoms with Crippen LogP contribution in [0.1, 0.15) is 44.5 Å². The van der Waals surface area contributed by atoms with Gasteiger partial charge in [-0.1, -0.05) is 13.8 Å². The summed E-state index contributed by atoms with van der Waals surface area (Å²) in [7, 11) is 2.01. The zero-order valence-electron chi connectivity index (χ0n) is 9.67. The summed E-state index contributed by atoms with van der Waals surface area (Å²) in [6, 6.07) is 0.449. The Morgan fingerprint density at radius 2 is 2.14 bits per heavy atom. The normalized spacial score (nSPS) is 13.1. The van der Waals surface area contributed by atoms with Crippen LogP contribution >= 0.6 is 0 Å². The summed E-state index contributed by atoms with van der Waals surface area (Å²) in [6.07, 6.45) is 4.29. The van der Waals surface area contributed by atoms with Crippen molar-refractivity contribution in [1.29, 1.82) is 0 Å². The van der Waals surface area contributed by atoms with Crippen LogP contribution in [-0.4, -0.2) is 16.8 Å². The van der Waals surface area contributed by atoms with Gasteiger partial charge in [0.15, 0.2) is 0 Å². The third-order valence-electron chi connectivity index (χ3n) is 2.66. The lowest BCUT2D eigenvalue weighted by Gasteiger charge is -2.12. The molecule has 3 nitrogen and oxygen atoms in total. The van der Waals surface area contributed by atoms with Crippen molar-refractivity contribution in [2.75, 3.05) is 7.05 Å². The monoisotopic (exact) mass is 195 g/mol. The van der Waals surface area contributed by atoms with Gasteiger partial charge < -0.3 is 5.32 Å². The van der Waals surface area contributed by atoms with E-state index >= 15 is 0 Å². The van der Waals surface area contributed by atoms with E-state index in [2.05, 4.69) is 37.4 Å². The van der Waals surface area contributed by atoms with E-state index in [-0.39, 0.29) is 0 Å². The average Bonchev–Trinajstić information content (AvgIpc) is 2.63. The van der Waals surface area contributed by atoms with Crippen molar-refractivity contribution >= 4 is 0 Å². The molecule has 0 radical (unpaired) electrons. The SMILES string of the molecule is CCc1nn(CC)cc1C(CC)NC. The molecule has 0 saturated heterocycles. The minimum absolute atomic E-state index is 0.449. The Balaban J connectivity index is 2.98. The summed E-state index contributed by atoms with van der Waals surface area (Å²) in [6.45, 7) is 7.43. The minimum Gasteiger partial charge on any atom is -0.313 e. The fraction of sp³-hybridized carbons (Fsp3) is 0.727. The Morgan fingerprint density at radius 3 is 2.57 bits per heavy atom. The quantitative estimate of drug-likeness (QED) is 0.780. The highest BCUT2D eigenvalue weighted by atomic mass is 15.3. The molecule has 80 valence electrons. The topological polar surface area (TPSA) is 29.9 Å². The van der Waals surface area contributed by atoms with Crippen LogP contribution in [0.25, 0.3) is 0 Å². The van der Waals surface area contributed by atoms with Crippen LogP contribution in [0.2, 0.25) is 0 Å². The summed E-state index contributed by atoms with van der Waals surface area (Å²) in [5.74, 6) is 0. The molecule has 0 bridgehead atoms. The van der Waals surface area contributed by atoms with Crippen LogP contribution in [0, 0.1) is 0 Å². The molecule has 1 unspecified atom stereocenters. The smallest absolute Gasteiger partial charge is 0.0669 e. The van der Waals surface area contributed by atoms with Crippen LogP contribution in [0.5, 0.6) is 0 Å². The predicted molar refractivity (Wildman–Crippen MR) is 59.4 cm³/mol. The van der Waals surface area contributed by atoms with E-state index < -0.39 is 0 Å². The number of nitrogens with zero attached hydrogens (tertiary/aromatic N) is 2. The second kappa shape index (κ2) is 5.15. The molecule has 1 aromatic heterocycles. The molecule has 0 aliphatic carbocycles. The molecule has 3 heteroatoms. The highest BCUT2D eigenvalue weighted by Crippen LogP contribution is 2.20. The van der Waals surface area contributed by atoms with Gasteiger partial charge in [-0.2, -0.15) is 5.10 Å². The molecule has 1 N–H and O–H groups in total. The van der Waals surface area contributed by atoms with E-state index in [1.54, 1.807) is 0 Å². The third-order valence-corrected chi connectivity index (χ3v) is 2.66. The number of aryl methyl sites for hydroxylation is 2. The number of aromatic nitrogens is 2. The van der Waals surface area contributed by atoms with Gasteiger partial charge in [0.25, 0.3) is 0 Å². The molecule has 14 heavy (non-hydrogen) atoms. The molecular weight excluding hydrogens is 174 g/mol. The van der Waals surface area contributed by atoms with Gasteiger partial charge in [0.2, 0.25) is 0 Å². The van der Waals surface area contributed by atoms with Crippen molar-refractivity contribution < 1.29 is 0 Å². The summed E-state index contributed by atoms with van der Waals surface area (Å²) >= 11 is 0. The molecule has 1 atom stereocenters. The summed E-state index contributed by atoms with van der Waals surface area (Å²) in [5.41, 5.74) is 2.59. The molecule has 1 heterocycles. The van der Waals surface area contributed by atoms with E-state index in [4.69, 9.17) is 0 Å². The standard InChI is InChI=1S/C11H21N3/c1-5-10(12-4)9-8-14(7-3)13-11(9)6-2/h8,10,12H,5-7H2,1-4H3. The van der Waals surface area contributed by atoms with Crippen molar-refractivity contribution in [3.63, 3.8) is 0 Å². The maximum atomic E-state index is 4.54. The van der Waals surface area contributed by atoms with Gasteiger partial charge in [0.1, 0.15) is 0 Å². The lowest BCUT2D eigenvalue weighted by Crippen LogP contribution is -2.16. The molecule has 0 saturated carbocycles. The third kappa shape index (κ3) is 2.15. The van der Waals surface area contributed by atoms with Crippen LogP contribution in [0.15, 0.2) is 6.20 Å². The van der Waals surface area contributed by atoms with Crippen LogP contribution in [0.3, 0.4) is 0 Å². The van der Waals surface area contributed by atoms with Crippen molar-refractivity contribution in [2.24, 2.45) is 0 Å². The van der Waals surface area contributed by atoms with E-state index in [1.807, 2.05) is 11.7 Å². The Labute approximate surface area is 86.5 Å². The first-order valence-electron chi connectivity index (χ1n) is 5.50. The fourth-order valence-corrected chi connectivity index (χ4v) is 1.78. The number of rotatable bonds is 5.